The van der Waals surface area contributed by atoms with Crippen molar-refractivity contribution in [3.8, 4) is 0 Å². The first-order valence-corrected chi connectivity index (χ1v) is 8.31. The average molecular weight is 410 g/mol. The Hall–Kier alpha value is -0.170. The molecule has 0 aliphatic carbocycles. The van der Waals surface area contributed by atoms with Crippen molar-refractivity contribution in [3.63, 3.8) is 0 Å². The maximum atomic E-state index is 13.0. The molecule has 0 N–H and O–H groups in total. The molecule has 1 heterocycles. The van der Waals surface area contributed by atoms with Gasteiger partial charge >= 0.3 is 0 Å². The molecule has 0 aliphatic heterocycles. The van der Waals surface area contributed by atoms with Crippen molar-refractivity contribution in [3.05, 3.63) is 49.3 Å². The molecule has 1 nitrogen and oxygen atoms in total. The van der Waals surface area contributed by atoms with Crippen LogP contribution in [0.2, 0.25) is 0 Å². The van der Waals surface area contributed by atoms with E-state index in [-0.39, 0.29) is 11.6 Å². The van der Waals surface area contributed by atoms with Gasteiger partial charge in [-0.05, 0) is 56.1 Å². The van der Waals surface area contributed by atoms with Gasteiger partial charge in [-0.2, -0.15) is 0 Å². The molecule has 0 fully saturated rings. The third-order valence-electron chi connectivity index (χ3n) is 2.12. The molecular formula is C12H7Br2FOS2. The smallest absolute Gasteiger partial charge is 0.175 e. The summed E-state index contributed by atoms with van der Waals surface area (Å²) in [5.41, 5.74) is 0.663. The van der Waals surface area contributed by atoms with Crippen LogP contribution in [0, 0.1) is 5.82 Å². The van der Waals surface area contributed by atoms with Crippen molar-refractivity contribution >= 4 is 60.7 Å². The summed E-state index contributed by atoms with van der Waals surface area (Å²) >= 11 is 9.49. The van der Waals surface area contributed by atoms with Crippen molar-refractivity contribution in [2.45, 2.75) is 4.90 Å². The summed E-state index contributed by atoms with van der Waals surface area (Å²) in [5, 5.41) is 0. The molecule has 6 heteroatoms. The maximum absolute atomic E-state index is 13.0. The SMILES string of the molecule is O=C(CSc1cccc(F)c1)c1cc(Br)sc1Br. The second-order valence-corrected chi connectivity index (χ2v) is 8.21. The Kier molecular flexibility index (Phi) is 5.00. The maximum Gasteiger partial charge on any atom is 0.175 e. The lowest BCUT2D eigenvalue weighted by molar-refractivity contribution is 0.102. The van der Waals surface area contributed by atoms with Gasteiger partial charge in [-0.3, -0.25) is 4.79 Å². The minimum atomic E-state index is -0.285. The highest BCUT2D eigenvalue weighted by molar-refractivity contribution is 9.12. The van der Waals surface area contributed by atoms with Crippen LogP contribution in [0.4, 0.5) is 4.39 Å². The average Bonchev–Trinajstić information content (AvgIpc) is 2.66. The number of Topliss-reactive ketones (excluding diaryl/α,β-unsaturated/α-hetero) is 1. The van der Waals surface area contributed by atoms with Crippen molar-refractivity contribution in [1.29, 1.82) is 0 Å². The summed E-state index contributed by atoms with van der Waals surface area (Å²) in [4.78, 5) is 12.7. The topological polar surface area (TPSA) is 17.1 Å². The van der Waals surface area contributed by atoms with Crippen LogP contribution in [-0.2, 0) is 0 Å². The van der Waals surface area contributed by atoms with Gasteiger partial charge in [0.1, 0.15) is 5.82 Å². The van der Waals surface area contributed by atoms with E-state index >= 15 is 0 Å². The summed E-state index contributed by atoms with van der Waals surface area (Å²) in [6.45, 7) is 0. The summed E-state index contributed by atoms with van der Waals surface area (Å²) in [6.07, 6.45) is 0. The number of thioether (sulfide) groups is 1. The van der Waals surface area contributed by atoms with Gasteiger partial charge in [0.05, 0.1) is 13.3 Å². The molecule has 0 unspecified atom stereocenters. The van der Waals surface area contributed by atoms with E-state index in [1.54, 1.807) is 18.2 Å². The zero-order valence-electron chi connectivity index (χ0n) is 8.95. The van der Waals surface area contributed by atoms with Crippen molar-refractivity contribution in [2.24, 2.45) is 0 Å². The fourth-order valence-corrected chi connectivity index (χ4v) is 4.99. The normalized spacial score (nSPS) is 10.6. The Morgan fingerprint density at radius 3 is 2.72 bits per heavy atom. The highest BCUT2D eigenvalue weighted by Crippen LogP contribution is 2.33. The molecule has 18 heavy (non-hydrogen) atoms. The van der Waals surface area contributed by atoms with Crippen molar-refractivity contribution in [2.75, 3.05) is 5.75 Å². The monoisotopic (exact) mass is 408 g/mol. The van der Waals surface area contributed by atoms with Gasteiger partial charge in [-0.15, -0.1) is 23.1 Å². The van der Waals surface area contributed by atoms with Crippen LogP contribution in [0.15, 0.2) is 42.8 Å². The summed E-state index contributed by atoms with van der Waals surface area (Å²) < 4.78 is 14.7. The summed E-state index contributed by atoms with van der Waals surface area (Å²) in [6, 6.07) is 8.04. The fourth-order valence-electron chi connectivity index (χ4n) is 1.31. The minimum Gasteiger partial charge on any atom is -0.293 e. The van der Waals surface area contributed by atoms with E-state index in [1.807, 2.05) is 0 Å². The number of hydrogen-bond acceptors (Lipinski definition) is 3. The number of rotatable bonds is 4. The third-order valence-corrected chi connectivity index (χ3v) is 5.46. The third kappa shape index (κ3) is 3.66. The Balaban J connectivity index is 2.03. The Morgan fingerprint density at radius 1 is 1.33 bits per heavy atom. The lowest BCUT2D eigenvalue weighted by atomic mass is 10.2. The lowest BCUT2D eigenvalue weighted by Gasteiger charge is -2.00. The van der Waals surface area contributed by atoms with E-state index in [0.717, 1.165) is 12.5 Å². The molecule has 1 aromatic heterocycles. The molecule has 0 saturated carbocycles. The fraction of sp³-hybridized carbons (Fsp3) is 0.0833. The molecule has 0 amide bonds. The number of carbonyl (C=O) groups is 1. The Bertz CT molecular complexity index is 583. The molecule has 0 saturated heterocycles. The second-order valence-electron chi connectivity index (χ2n) is 3.41. The Morgan fingerprint density at radius 2 is 2.11 bits per heavy atom. The van der Waals surface area contributed by atoms with E-state index in [9.17, 15) is 9.18 Å². The van der Waals surface area contributed by atoms with Crippen LogP contribution < -0.4 is 0 Å². The van der Waals surface area contributed by atoms with Gasteiger partial charge < -0.3 is 0 Å². The molecule has 0 bridgehead atoms. The molecule has 94 valence electrons. The van der Waals surface area contributed by atoms with Crippen molar-refractivity contribution in [1.82, 2.24) is 0 Å². The largest absolute Gasteiger partial charge is 0.293 e. The highest BCUT2D eigenvalue weighted by atomic mass is 79.9. The molecule has 0 atom stereocenters. The number of carbonyl (C=O) groups excluding carboxylic acids is 1. The predicted octanol–water partition coefficient (Wildman–Crippen LogP) is 5.39. The number of halogens is 3. The number of benzene rings is 1. The molecule has 2 aromatic rings. The van der Waals surface area contributed by atoms with E-state index in [4.69, 9.17) is 0 Å². The van der Waals surface area contributed by atoms with Gasteiger partial charge in [0, 0.05) is 10.5 Å². The standard InChI is InChI=1S/C12H7Br2FOS2/c13-11-5-9(12(14)18-11)10(16)6-17-8-3-1-2-7(15)4-8/h1-5H,6H2. The van der Waals surface area contributed by atoms with E-state index in [0.29, 0.717) is 11.3 Å². The first-order chi connectivity index (χ1) is 8.56. The van der Waals surface area contributed by atoms with Crippen LogP contribution >= 0.6 is 55.0 Å². The quantitative estimate of drug-likeness (QED) is 0.497. The van der Waals surface area contributed by atoms with Gasteiger partial charge in [-0.1, -0.05) is 6.07 Å². The van der Waals surface area contributed by atoms with Crippen molar-refractivity contribution < 1.29 is 9.18 Å². The first kappa shape index (κ1) is 14.2. The number of hydrogen-bond donors (Lipinski definition) is 0. The highest BCUT2D eigenvalue weighted by Gasteiger charge is 2.13. The lowest BCUT2D eigenvalue weighted by Crippen LogP contribution is -2.01. The van der Waals surface area contributed by atoms with Crippen LogP contribution in [-0.4, -0.2) is 11.5 Å². The van der Waals surface area contributed by atoms with Gasteiger partial charge in [0.25, 0.3) is 0 Å². The van der Waals surface area contributed by atoms with Crippen LogP contribution in [0.1, 0.15) is 10.4 Å². The molecule has 1 aromatic carbocycles. The zero-order valence-corrected chi connectivity index (χ0v) is 13.8. The molecule has 0 aliphatic rings. The minimum absolute atomic E-state index is 0.0260. The molecule has 0 spiro atoms. The first-order valence-electron chi connectivity index (χ1n) is 4.92. The van der Waals surface area contributed by atoms with Crippen LogP contribution in [0.3, 0.4) is 0 Å². The van der Waals surface area contributed by atoms with E-state index < -0.39 is 0 Å². The van der Waals surface area contributed by atoms with Crippen LogP contribution in [0.25, 0.3) is 0 Å². The van der Waals surface area contributed by atoms with Gasteiger partial charge in [0.2, 0.25) is 0 Å². The number of ketones is 1. The van der Waals surface area contributed by atoms with Crippen LogP contribution in [0.5, 0.6) is 0 Å². The Labute approximate surface area is 129 Å². The predicted molar refractivity (Wildman–Crippen MR) is 81.2 cm³/mol. The van der Waals surface area contributed by atoms with Gasteiger partial charge in [-0.25, -0.2) is 4.39 Å². The summed E-state index contributed by atoms with van der Waals surface area (Å²) in [5.74, 6) is 0.0376. The zero-order chi connectivity index (χ0) is 13.1. The van der Waals surface area contributed by atoms with Gasteiger partial charge in [0.15, 0.2) is 5.78 Å². The second kappa shape index (κ2) is 6.32. The summed E-state index contributed by atoms with van der Waals surface area (Å²) in [7, 11) is 0. The number of thiophene rings is 1. The van der Waals surface area contributed by atoms with E-state index in [1.165, 1.54) is 35.2 Å². The molecule has 0 radical (unpaired) electrons. The van der Waals surface area contributed by atoms with E-state index in [2.05, 4.69) is 31.9 Å². The molecule has 2 rings (SSSR count). The molecular weight excluding hydrogens is 403 g/mol.